The van der Waals surface area contributed by atoms with Crippen LogP contribution in [0.1, 0.15) is 13.8 Å². The first kappa shape index (κ1) is 12.2. The normalized spacial score (nSPS) is 12.4. The lowest BCUT2D eigenvalue weighted by Gasteiger charge is -2.18. The first-order chi connectivity index (χ1) is 6.02. The maximum absolute atomic E-state index is 11.1. The van der Waals surface area contributed by atoms with E-state index < -0.39 is 17.9 Å². The molecule has 0 spiro atoms. The van der Waals surface area contributed by atoms with Crippen LogP contribution in [-0.4, -0.2) is 24.5 Å². The molecule has 0 radical (unpaired) electrons. The minimum atomic E-state index is -0.687. The molecular formula is C7H14N2O3S. The number of carbonyl (C=O) groups excluding carboxylic acids is 2. The smallest absolute Gasteiger partial charge is 0.340 e. The molecule has 5 nitrogen and oxygen atoms in total. The van der Waals surface area contributed by atoms with Gasteiger partial charge in [0.05, 0.1) is 6.54 Å². The third-order valence-corrected chi connectivity index (χ3v) is 1.69. The van der Waals surface area contributed by atoms with Crippen LogP contribution in [0.4, 0.5) is 0 Å². The highest BCUT2D eigenvalue weighted by Crippen LogP contribution is 2.04. The summed E-state index contributed by atoms with van der Waals surface area (Å²) in [6, 6.07) is -0.687. The largest absolute Gasteiger partial charge is 0.393 e. The van der Waals surface area contributed by atoms with Crippen molar-refractivity contribution in [3.8, 4) is 0 Å². The van der Waals surface area contributed by atoms with Crippen LogP contribution >= 0.6 is 12.9 Å². The summed E-state index contributed by atoms with van der Waals surface area (Å²) in [6.07, 6.45) is 0. The first-order valence-electron chi connectivity index (χ1n) is 3.87. The number of nitrogens with two attached hydrogens (primary N) is 1. The number of carbonyl (C=O) groups is 2. The molecular weight excluding hydrogens is 192 g/mol. The summed E-state index contributed by atoms with van der Waals surface area (Å²) in [4.78, 5) is 21.9. The molecule has 0 aromatic heterocycles. The Labute approximate surface area is 82.6 Å². The fourth-order valence-corrected chi connectivity index (χ4v) is 0.900. The molecule has 0 aliphatic carbocycles. The Morgan fingerprint density at radius 1 is 1.54 bits per heavy atom. The van der Waals surface area contributed by atoms with Gasteiger partial charge >= 0.3 is 5.97 Å². The number of nitrogens with one attached hydrogen (secondary N) is 1. The quantitative estimate of drug-likeness (QED) is 0.427. The average molecular weight is 206 g/mol. The Bertz CT molecular complexity index is 196. The van der Waals surface area contributed by atoms with Crippen molar-refractivity contribution in [3.63, 3.8) is 0 Å². The lowest BCUT2D eigenvalue weighted by Crippen LogP contribution is -2.46. The van der Waals surface area contributed by atoms with E-state index in [0.29, 0.717) is 0 Å². The Morgan fingerprint density at radius 2 is 2.08 bits per heavy atom. The van der Waals surface area contributed by atoms with Gasteiger partial charge in [0.25, 0.3) is 0 Å². The van der Waals surface area contributed by atoms with Gasteiger partial charge in [0.1, 0.15) is 6.04 Å². The van der Waals surface area contributed by atoms with Crippen molar-refractivity contribution in [2.24, 2.45) is 11.7 Å². The molecule has 0 aliphatic heterocycles. The van der Waals surface area contributed by atoms with E-state index in [0.717, 1.165) is 0 Å². The predicted molar refractivity (Wildman–Crippen MR) is 50.9 cm³/mol. The molecule has 6 heteroatoms. The molecule has 13 heavy (non-hydrogen) atoms. The second kappa shape index (κ2) is 5.82. The fraction of sp³-hybridized carbons (Fsp3) is 0.714. The van der Waals surface area contributed by atoms with E-state index in [9.17, 15) is 9.59 Å². The topological polar surface area (TPSA) is 81.4 Å². The molecule has 0 heterocycles. The zero-order valence-corrected chi connectivity index (χ0v) is 8.51. The molecule has 0 aromatic carbocycles. The van der Waals surface area contributed by atoms with Crippen molar-refractivity contribution in [1.29, 1.82) is 0 Å². The highest BCUT2D eigenvalue weighted by atomic mass is 32.1. The zero-order chi connectivity index (χ0) is 10.4. The van der Waals surface area contributed by atoms with E-state index in [1.54, 1.807) is 13.8 Å². The van der Waals surface area contributed by atoms with Crippen molar-refractivity contribution >= 4 is 24.8 Å². The van der Waals surface area contributed by atoms with Crippen molar-refractivity contribution in [2.45, 2.75) is 19.9 Å². The van der Waals surface area contributed by atoms with Crippen LogP contribution in [0.2, 0.25) is 0 Å². The van der Waals surface area contributed by atoms with Crippen molar-refractivity contribution < 1.29 is 13.8 Å². The molecule has 0 saturated carbocycles. The van der Waals surface area contributed by atoms with Crippen LogP contribution in [0, 0.1) is 5.92 Å². The van der Waals surface area contributed by atoms with Crippen molar-refractivity contribution in [1.82, 2.24) is 5.32 Å². The van der Waals surface area contributed by atoms with Gasteiger partial charge in [0.15, 0.2) is 0 Å². The van der Waals surface area contributed by atoms with Crippen LogP contribution in [0.3, 0.4) is 0 Å². The molecule has 3 N–H and O–H groups in total. The van der Waals surface area contributed by atoms with E-state index >= 15 is 0 Å². The molecule has 76 valence electrons. The highest BCUT2D eigenvalue weighted by Gasteiger charge is 2.24. The Hall–Kier alpha value is -0.750. The minimum Gasteiger partial charge on any atom is -0.393 e. The molecule has 0 rings (SSSR count). The summed E-state index contributed by atoms with van der Waals surface area (Å²) in [5, 5.41) is 2.43. The van der Waals surface area contributed by atoms with Gasteiger partial charge in [0, 0.05) is 12.9 Å². The number of hydrogen-bond donors (Lipinski definition) is 3. The van der Waals surface area contributed by atoms with Gasteiger partial charge in [-0.2, -0.15) is 0 Å². The van der Waals surface area contributed by atoms with Crippen LogP contribution < -0.4 is 11.1 Å². The van der Waals surface area contributed by atoms with Gasteiger partial charge in [-0.05, 0) is 5.92 Å². The zero-order valence-electron chi connectivity index (χ0n) is 7.61. The Balaban J connectivity index is 4.26. The standard InChI is InChI=1S/C7H14N2O3S/c1-4(2)6(7(11)12-13)9-5(10)3-8/h4,6,13H,3,8H2,1-2H3,(H,9,10)/t6-/m0/s1. The van der Waals surface area contributed by atoms with Gasteiger partial charge in [-0.15, -0.1) is 0 Å². The Morgan fingerprint density at radius 3 is 2.38 bits per heavy atom. The lowest BCUT2D eigenvalue weighted by molar-refractivity contribution is -0.139. The van der Waals surface area contributed by atoms with Gasteiger partial charge in [0.2, 0.25) is 5.91 Å². The molecule has 1 amide bonds. The van der Waals surface area contributed by atoms with Gasteiger partial charge in [-0.1, -0.05) is 13.8 Å². The molecule has 0 unspecified atom stereocenters. The molecule has 0 bridgehead atoms. The summed E-state index contributed by atoms with van der Waals surface area (Å²) in [6.45, 7) is 3.42. The molecule has 1 atom stereocenters. The van der Waals surface area contributed by atoms with E-state index in [1.165, 1.54) is 0 Å². The second-order valence-electron chi connectivity index (χ2n) is 2.90. The molecule has 0 aromatic rings. The van der Waals surface area contributed by atoms with Crippen LogP contribution in [0.5, 0.6) is 0 Å². The number of hydrogen-bond acceptors (Lipinski definition) is 5. The van der Waals surface area contributed by atoms with Crippen LogP contribution in [-0.2, 0) is 13.8 Å². The highest BCUT2D eigenvalue weighted by molar-refractivity contribution is 7.75. The Kier molecular flexibility index (Phi) is 5.48. The van der Waals surface area contributed by atoms with Crippen molar-refractivity contribution in [2.75, 3.05) is 6.54 Å². The van der Waals surface area contributed by atoms with E-state index in [1.807, 2.05) is 0 Å². The second-order valence-corrected chi connectivity index (χ2v) is 3.09. The summed E-state index contributed by atoms with van der Waals surface area (Å²) in [5.41, 5.74) is 5.08. The van der Waals surface area contributed by atoms with Gasteiger partial charge in [-0.3, -0.25) is 4.79 Å². The fourth-order valence-electron chi connectivity index (χ4n) is 0.787. The van der Waals surface area contributed by atoms with Crippen LogP contribution in [0.25, 0.3) is 0 Å². The third kappa shape index (κ3) is 4.14. The predicted octanol–water partition coefficient (Wildman–Crippen LogP) is -0.526. The van der Waals surface area contributed by atoms with E-state index in [4.69, 9.17) is 5.73 Å². The molecule has 0 fully saturated rings. The first-order valence-corrected chi connectivity index (χ1v) is 4.24. The van der Waals surface area contributed by atoms with Crippen molar-refractivity contribution in [3.05, 3.63) is 0 Å². The maximum atomic E-state index is 11.1. The summed E-state index contributed by atoms with van der Waals surface area (Å²) < 4.78 is 4.22. The lowest BCUT2D eigenvalue weighted by atomic mass is 10.1. The minimum absolute atomic E-state index is 0.0600. The molecule has 0 saturated heterocycles. The van der Waals surface area contributed by atoms with Crippen LogP contribution in [0.15, 0.2) is 0 Å². The number of amides is 1. The summed E-state index contributed by atoms with van der Waals surface area (Å²) in [5.74, 6) is -1.03. The number of rotatable bonds is 4. The molecule has 0 aliphatic rings. The summed E-state index contributed by atoms with van der Waals surface area (Å²) in [7, 11) is 0. The van der Waals surface area contributed by atoms with Gasteiger partial charge in [-0.25, -0.2) is 4.79 Å². The third-order valence-electron chi connectivity index (χ3n) is 1.51. The number of thiol groups is 1. The SMILES string of the molecule is CC(C)[C@H](NC(=O)CN)C(=O)OS. The monoisotopic (exact) mass is 206 g/mol. The van der Waals surface area contributed by atoms with Gasteiger partial charge < -0.3 is 15.2 Å². The summed E-state index contributed by atoms with van der Waals surface area (Å²) >= 11 is 3.37. The van der Waals surface area contributed by atoms with E-state index in [-0.39, 0.29) is 12.5 Å². The van der Waals surface area contributed by atoms with E-state index in [2.05, 4.69) is 22.4 Å². The average Bonchev–Trinajstić information content (AvgIpc) is 2.11. The maximum Gasteiger partial charge on any atom is 0.340 e.